The van der Waals surface area contributed by atoms with Gasteiger partial charge in [-0.05, 0) is 31.2 Å². The fourth-order valence-corrected chi connectivity index (χ4v) is 4.06. The van der Waals surface area contributed by atoms with Crippen LogP contribution in [0.3, 0.4) is 0 Å². The van der Waals surface area contributed by atoms with Crippen molar-refractivity contribution >= 4 is 23.2 Å². The van der Waals surface area contributed by atoms with E-state index in [0.29, 0.717) is 49.9 Å². The number of benzene rings is 2. The number of hydrogen-bond acceptors (Lipinski definition) is 5. The molecule has 2 aliphatic heterocycles. The second-order valence-corrected chi connectivity index (χ2v) is 7.16. The summed E-state index contributed by atoms with van der Waals surface area (Å²) in [5.74, 6) is -0.154. The van der Waals surface area contributed by atoms with E-state index in [2.05, 4.69) is 0 Å². The molecule has 0 spiro atoms. The molecule has 2 saturated heterocycles. The number of hydrogen-bond donors (Lipinski definition) is 0. The highest BCUT2D eigenvalue weighted by atomic mass is 19.1. The number of imide groups is 1. The second kappa shape index (κ2) is 8.21. The van der Waals surface area contributed by atoms with E-state index in [0.717, 1.165) is 0 Å². The Hall–Kier alpha value is -2.93. The van der Waals surface area contributed by atoms with Crippen molar-refractivity contribution in [1.82, 2.24) is 4.90 Å². The molecule has 0 bridgehead atoms. The van der Waals surface area contributed by atoms with Gasteiger partial charge in [0, 0.05) is 26.2 Å². The highest BCUT2D eigenvalue weighted by molar-refractivity contribution is 6.23. The van der Waals surface area contributed by atoms with E-state index in [9.17, 15) is 14.0 Å². The number of carbonyl (C=O) groups excluding carboxylic acids is 2. The summed E-state index contributed by atoms with van der Waals surface area (Å²) in [5.41, 5.74) is 1.07. The van der Waals surface area contributed by atoms with Crippen LogP contribution in [-0.4, -0.2) is 55.5 Å². The lowest BCUT2D eigenvalue weighted by Gasteiger charge is -2.38. The number of amides is 2. The summed E-state index contributed by atoms with van der Waals surface area (Å²) >= 11 is 0. The maximum atomic E-state index is 14.1. The molecule has 29 heavy (non-hydrogen) atoms. The summed E-state index contributed by atoms with van der Waals surface area (Å²) in [6, 6.07) is 13.3. The van der Waals surface area contributed by atoms with E-state index in [-0.39, 0.29) is 24.1 Å². The minimum absolute atomic E-state index is 0.152. The smallest absolute Gasteiger partial charge is 0.251 e. The Bertz CT molecular complexity index is 912. The topological polar surface area (TPSA) is 53.1 Å². The van der Waals surface area contributed by atoms with Gasteiger partial charge in [0.25, 0.3) is 5.91 Å². The molecule has 2 aliphatic rings. The van der Waals surface area contributed by atoms with Gasteiger partial charge in [-0.3, -0.25) is 14.5 Å². The Balaban J connectivity index is 1.47. The van der Waals surface area contributed by atoms with Crippen molar-refractivity contribution in [2.24, 2.45) is 0 Å². The van der Waals surface area contributed by atoms with Crippen LogP contribution in [0, 0.1) is 5.82 Å². The summed E-state index contributed by atoms with van der Waals surface area (Å²) in [5, 5.41) is 0. The fraction of sp³-hybridized carbons (Fsp3) is 0.364. The Morgan fingerprint density at radius 1 is 0.966 bits per heavy atom. The molecule has 2 amide bonds. The summed E-state index contributed by atoms with van der Waals surface area (Å²) in [6.45, 7) is 4.72. The highest BCUT2D eigenvalue weighted by Crippen LogP contribution is 2.33. The van der Waals surface area contributed by atoms with Gasteiger partial charge in [0.15, 0.2) is 0 Å². The van der Waals surface area contributed by atoms with Crippen molar-refractivity contribution < 1.29 is 18.7 Å². The highest BCUT2D eigenvalue weighted by Gasteiger charge is 2.44. The third-order valence-electron chi connectivity index (χ3n) is 5.48. The van der Waals surface area contributed by atoms with E-state index in [4.69, 9.17) is 4.74 Å². The first kappa shape index (κ1) is 19.4. The van der Waals surface area contributed by atoms with Crippen molar-refractivity contribution in [3.05, 3.63) is 54.3 Å². The molecule has 0 unspecified atom stereocenters. The van der Waals surface area contributed by atoms with Gasteiger partial charge in [0.05, 0.1) is 30.4 Å². The van der Waals surface area contributed by atoms with Crippen molar-refractivity contribution in [2.45, 2.75) is 19.4 Å². The quantitative estimate of drug-likeness (QED) is 0.726. The van der Waals surface area contributed by atoms with Gasteiger partial charge in [-0.15, -0.1) is 0 Å². The molecule has 0 N–H and O–H groups in total. The predicted molar refractivity (Wildman–Crippen MR) is 109 cm³/mol. The number of rotatable bonds is 5. The van der Waals surface area contributed by atoms with Crippen molar-refractivity contribution in [2.75, 3.05) is 42.6 Å². The molecule has 2 aromatic rings. The van der Waals surface area contributed by atoms with Gasteiger partial charge < -0.3 is 9.64 Å². The Morgan fingerprint density at radius 3 is 2.31 bits per heavy atom. The molecular weight excluding hydrogens is 373 g/mol. The molecule has 0 aromatic heterocycles. The molecular formula is C22H24FN3O3. The van der Waals surface area contributed by atoms with Crippen LogP contribution in [0.2, 0.25) is 0 Å². The van der Waals surface area contributed by atoms with E-state index >= 15 is 0 Å². The molecule has 0 radical (unpaired) electrons. The number of para-hydroxylation sites is 3. The van der Waals surface area contributed by atoms with Crippen LogP contribution in [0.15, 0.2) is 48.5 Å². The molecule has 2 fully saturated rings. The number of anilines is 2. The molecule has 1 atom stereocenters. The van der Waals surface area contributed by atoms with Crippen molar-refractivity contribution in [1.29, 1.82) is 0 Å². The standard InChI is InChI=1S/C22H24FN3O3/c1-2-29-20-10-6-5-9-18(20)26-21(27)15-19(22(26)28)25-13-11-24(12-14-25)17-8-4-3-7-16(17)23/h3-10,19H,2,11-15H2,1H3/t19-/m1/s1. The number of piperazine rings is 1. The lowest BCUT2D eigenvalue weighted by molar-refractivity contribution is -0.123. The van der Waals surface area contributed by atoms with Crippen molar-refractivity contribution in [3.63, 3.8) is 0 Å². The maximum absolute atomic E-state index is 14.1. The van der Waals surface area contributed by atoms with Gasteiger partial charge in [-0.2, -0.15) is 0 Å². The molecule has 4 rings (SSSR count). The Morgan fingerprint density at radius 2 is 1.62 bits per heavy atom. The predicted octanol–water partition coefficient (Wildman–Crippen LogP) is 2.68. The molecule has 0 saturated carbocycles. The normalized spacial score (nSPS) is 20.4. The van der Waals surface area contributed by atoms with Gasteiger partial charge in [0.1, 0.15) is 11.6 Å². The summed E-state index contributed by atoms with van der Waals surface area (Å²) in [7, 11) is 0. The third-order valence-corrected chi connectivity index (χ3v) is 5.48. The third kappa shape index (κ3) is 3.70. The van der Waals surface area contributed by atoms with Gasteiger partial charge >= 0.3 is 0 Å². The number of nitrogens with zero attached hydrogens (tertiary/aromatic N) is 3. The summed E-state index contributed by atoms with van der Waals surface area (Å²) in [6.07, 6.45) is 0.152. The van der Waals surface area contributed by atoms with Crippen LogP contribution in [0.25, 0.3) is 0 Å². The van der Waals surface area contributed by atoms with E-state index in [1.165, 1.54) is 11.0 Å². The average molecular weight is 397 g/mol. The average Bonchev–Trinajstić information content (AvgIpc) is 3.03. The van der Waals surface area contributed by atoms with Gasteiger partial charge in [-0.1, -0.05) is 24.3 Å². The first-order valence-corrected chi connectivity index (χ1v) is 9.92. The van der Waals surface area contributed by atoms with Crippen molar-refractivity contribution in [3.8, 4) is 5.75 Å². The molecule has 6 nitrogen and oxygen atoms in total. The monoisotopic (exact) mass is 397 g/mol. The van der Waals surface area contributed by atoms with Gasteiger partial charge in [0.2, 0.25) is 5.91 Å². The second-order valence-electron chi connectivity index (χ2n) is 7.16. The molecule has 152 valence electrons. The first-order valence-electron chi connectivity index (χ1n) is 9.92. The maximum Gasteiger partial charge on any atom is 0.251 e. The lowest BCUT2D eigenvalue weighted by Crippen LogP contribution is -2.52. The SMILES string of the molecule is CCOc1ccccc1N1C(=O)C[C@@H](N2CCN(c3ccccc3F)CC2)C1=O. The van der Waals surface area contributed by atoms with E-state index in [1.807, 2.05) is 28.9 Å². The molecule has 7 heteroatoms. The van der Waals surface area contributed by atoms with Crippen LogP contribution in [0.5, 0.6) is 5.75 Å². The minimum atomic E-state index is -0.486. The summed E-state index contributed by atoms with van der Waals surface area (Å²) in [4.78, 5) is 31.1. The first-order chi connectivity index (χ1) is 14.1. The molecule has 2 aromatic carbocycles. The van der Waals surface area contributed by atoms with E-state index < -0.39 is 6.04 Å². The van der Waals surface area contributed by atoms with Crippen LogP contribution in [-0.2, 0) is 9.59 Å². The van der Waals surface area contributed by atoms with Crippen LogP contribution in [0.1, 0.15) is 13.3 Å². The Kier molecular flexibility index (Phi) is 5.49. The number of carbonyl (C=O) groups is 2. The van der Waals surface area contributed by atoms with E-state index in [1.54, 1.807) is 30.3 Å². The van der Waals surface area contributed by atoms with Gasteiger partial charge in [-0.25, -0.2) is 9.29 Å². The zero-order chi connectivity index (χ0) is 20.4. The zero-order valence-electron chi connectivity index (χ0n) is 16.4. The van der Waals surface area contributed by atoms with Crippen LogP contribution < -0.4 is 14.5 Å². The minimum Gasteiger partial charge on any atom is -0.492 e. The molecule has 0 aliphatic carbocycles. The lowest BCUT2D eigenvalue weighted by atomic mass is 10.1. The summed E-state index contributed by atoms with van der Waals surface area (Å²) < 4.78 is 19.7. The largest absolute Gasteiger partial charge is 0.492 e. The number of ether oxygens (including phenoxy) is 1. The number of halogens is 1. The Labute approximate surface area is 169 Å². The van der Waals surface area contributed by atoms with Crippen LogP contribution in [0.4, 0.5) is 15.8 Å². The molecule has 2 heterocycles. The fourth-order valence-electron chi connectivity index (χ4n) is 4.06. The zero-order valence-corrected chi connectivity index (χ0v) is 16.4. The van der Waals surface area contributed by atoms with Crippen LogP contribution >= 0.6 is 0 Å².